The van der Waals surface area contributed by atoms with Gasteiger partial charge in [-0.05, 0) is 53.1 Å². The van der Waals surface area contributed by atoms with Gasteiger partial charge in [-0.1, -0.05) is 42.0 Å². The Hall–Kier alpha value is -3.33. The topological polar surface area (TPSA) is 31.4 Å². The molecule has 0 N–H and O–H groups in total. The van der Waals surface area contributed by atoms with Crippen LogP contribution in [-0.2, 0) is 0 Å². The van der Waals surface area contributed by atoms with E-state index >= 15 is 0 Å². The van der Waals surface area contributed by atoms with E-state index in [-0.39, 0.29) is 6.79 Å². The number of hydrogen-bond donors (Lipinski definition) is 0. The van der Waals surface area contributed by atoms with Gasteiger partial charge >= 0.3 is 0 Å². The third-order valence-electron chi connectivity index (χ3n) is 4.77. The Kier molecular flexibility index (Phi) is 3.39. The quantitative estimate of drug-likeness (QED) is 0.476. The van der Waals surface area contributed by atoms with Crippen LogP contribution in [0.25, 0.3) is 33.0 Å². The molecule has 0 radical (unpaired) electrons. The Bertz CT molecular complexity index is 1120. The van der Waals surface area contributed by atoms with Crippen molar-refractivity contribution in [3.05, 3.63) is 78.6 Å². The van der Waals surface area contributed by atoms with E-state index in [0.717, 1.165) is 33.8 Å². The predicted molar refractivity (Wildman–Crippen MR) is 103 cm³/mol. The molecule has 0 saturated heterocycles. The van der Waals surface area contributed by atoms with Gasteiger partial charge in [0.2, 0.25) is 6.79 Å². The molecule has 3 aromatic carbocycles. The fraction of sp³-hybridized carbons (Fsp3) is 0.0870. The minimum absolute atomic E-state index is 0.253. The van der Waals surface area contributed by atoms with Crippen molar-refractivity contribution in [3.8, 4) is 33.8 Å². The summed E-state index contributed by atoms with van der Waals surface area (Å²) in [5.74, 6) is 1.57. The van der Waals surface area contributed by atoms with Crippen LogP contribution in [0, 0.1) is 6.92 Å². The van der Waals surface area contributed by atoms with E-state index in [0.29, 0.717) is 0 Å². The first-order valence-electron chi connectivity index (χ1n) is 8.63. The summed E-state index contributed by atoms with van der Waals surface area (Å²) in [5.41, 5.74) is 5.56. The second-order valence-electron chi connectivity index (χ2n) is 6.56. The lowest BCUT2D eigenvalue weighted by Crippen LogP contribution is -1.93. The van der Waals surface area contributed by atoms with Crippen molar-refractivity contribution in [3.63, 3.8) is 0 Å². The maximum atomic E-state index is 5.71. The highest BCUT2D eigenvalue weighted by atomic mass is 16.7. The molecule has 2 heterocycles. The number of fused-ring (bicyclic) bond motifs is 2. The van der Waals surface area contributed by atoms with Crippen LogP contribution in [0.2, 0.25) is 0 Å². The van der Waals surface area contributed by atoms with Crippen molar-refractivity contribution in [2.75, 3.05) is 6.79 Å². The number of nitrogens with zero attached hydrogens (tertiary/aromatic N) is 1. The average Bonchev–Trinajstić information content (AvgIpc) is 3.16. The summed E-state index contributed by atoms with van der Waals surface area (Å²) in [6.07, 6.45) is 3.63. The molecule has 1 aromatic heterocycles. The number of benzene rings is 3. The molecular formula is C23H17NO2. The Labute approximate surface area is 151 Å². The molecule has 3 nitrogen and oxygen atoms in total. The van der Waals surface area contributed by atoms with Gasteiger partial charge < -0.3 is 9.47 Å². The fourth-order valence-electron chi connectivity index (χ4n) is 3.46. The first kappa shape index (κ1) is 15.0. The molecule has 0 fully saturated rings. The number of aryl methyl sites for hydroxylation is 1. The van der Waals surface area contributed by atoms with Crippen molar-refractivity contribution < 1.29 is 9.47 Å². The van der Waals surface area contributed by atoms with E-state index < -0.39 is 0 Å². The SMILES string of the molecule is Cc1ccc2cc(-c3cc4c(c(-c5cccnc5)c3)OCO4)ccc2c1. The van der Waals surface area contributed by atoms with Crippen molar-refractivity contribution in [2.24, 2.45) is 0 Å². The van der Waals surface area contributed by atoms with Crippen LogP contribution in [0.4, 0.5) is 0 Å². The van der Waals surface area contributed by atoms with Crippen molar-refractivity contribution in [2.45, 2.75) is 6.92 Å². The normalized spacial score (nSPS) is 12.5. The van der Waals surface area contributed by atoms with Crippen molar-refractivity contribution >= 4 is 10.8 Å². The van der Waals surface area contributed by atoms with Gasteiger partial charge in [-0.2, -0.15) is 0 Å². The lowest BCUT2D eigenvalue weighted by Gasteiger charge is -2.11. The number of aromatic nitrogens is 1. The summed E-state index contributed by atoms with van der Waals surface area (Å²) < 4.78 is 11.4. The molecule has 0 aliphatic carbocycles. The van der Waals surface area contributed by atoms with E-state index in [2.05, 4.69) is 60.4 Å². The monoisotopic (exact) mass is 339 g/mol. The van der Waals surface area contributed by atoms with Crippen LogP contribution in [0.15, 0.2) is 73.1 Å². The molecule has 0 amide bonds. The number of hydrogen-bond acceptors (Lipinski definition) is 3. The first-order valence-corrected chi connectivity index (χ1v) is 8.63. The molecule has 3 heteroatoms. The lowest BCUT2D eigenvalue weighted by atomic mass is 9.96. The fourth-order valence-corrected chi connectivity index (χ4v) is 3.46. The van der Waals surface area contributed by atoms with Crippen LogP contribution in [0.1, 0.15) is 5.56 Å². The van der Waals surface area contributed by atoms with Gasteiger partial charge in [0.05, 0.1) is 0 Å². The van der Waals surface area contributed by atoms with E-state index in [4.69, 9.17) is 9.47 Å². The summed E-state index contributed by atoms with van der Waals surface area (Å²) in [6, 6.07) is 21.3. The Morgan fingerprint density at radius 2 is 1.69 bits per heavy atom. The summed E-state index contributed by atoms with van der Waals surface area (Å²) in [6.45, 7) is 2.37. The second-order valence-corrected chi connectivity index (χ2v) is 6.56. The molecule has 0 unspecified atom stereocenters. The van der Waals surface area contributed by atoms with Crippen LogP contribution in [-0.4, -0.2) is 11.8 Å². The molecule has 0 saturated carbocycles. The number of pyridine rings is 1. The zero-order valence-electron chi connectivity index (χ0n) is 14.4. The molecule has 1 aliphatic heterocycles. The van der Waals surface area contributed by atoms with Gasteiger partial charge in [0, 0.05) is 23.5 Å². The molecule has 26 heavy (non-hydrogen) atoms. The Morgan fingerprint density at radius 3 is 2.58 bits per heavy atom. The Morgan fingerprint density at radius 1 is 0.808 bits per heavy atom. The molecule has 0 atom stereocenters. The van der Waals surface area contributed by atoms with E-state index in [9.17, 15) is 0 Å². The largest absolute Gasteiger partial charge is 0.454 e. The van der Waals surface area contributed by atoms with Crippen LogP contribution in [0.5, 0.6) is 11.5 Å². The van der Waals surface area contributed by atoms with Crippen molar-refractivity contribution in [1.29, 1.82) is 0 Å². The number of ether oxygens (including phenoxy) is 2. The van der Waals surface area contributed by atoms with Gasteiger partial charge in [-0.25, -0.2) is 0 Å². The first-order chi connectivity index (χ1) is 12.8. The minimum atomic E-state index is 0.253. The van der Waals surface area contributed by atoms with E-state index in [1.165, 1.54) is 16.3 Å². The summed E-state index contributed by atoms with van der Waals surface area (Å²) in [7, 11) is 0. The van der Waals surface area contributed by atoms with Gasteiger partial charge in [0.25, 0.3) is 0 Å². The summed E-state index contributed by atoms with van der Waals surface area (Å²) in [5, 5.41) is 2.48. The van der Waals surface area contributed by atoms with Gasteiger partial charge in [0.1, 0.15) is 0 Å². The van der Waals surface area contributed by atoms with Crippen LogP contribution in [0.3, 0.4) is 0 Å². The second kappa shape index (κ2) is 5.88. The molecule has 0 spiro atoms. The van der Waals surface area contributed by atoms with E-state index in [1.807, 2.05) is 18.3 Å². The standard InChI is InChI=1S/C23H17NO2/c1-15-4-5-17-10-18(7-6-16(17)9-15)20-11-21(19-3-2-8-24-13-19)23-22(12-20)25-14-26-23/h2-13H,14H2,1H3. The smallest absolute Gasteiger partial charge is 0.231 e. The van der Waals surface area contributed by atoms with Gasteiger partial charge in [-0.3, -0.25) is 4.98 Å². The van der Waals surface area contributed by atoms with Crippen molar-refractivity contribution in [1.82, 2.24) is 4.98 Å². The molecule has 4 aromatic rings. The minimum Gasteiger partial charge on any atom is -0.454 e. The number of rotatable bonds is 2. The molecule has 126 valence electrons. The Balaban J connectivity index is 1.69. The molecule has 1 aliphatic rings. The lowest BCUT2D eigenvalue weighted by molar-refractivity contribution is 0.174. The average molecular weight is 339 g/mol. The van der Waals surface area contributed by atoms with Crippen LogP contribution >= 0.6 is 0 Å². The molecule has 5 rings (SSSR count). The zero-order chi connectivity index (χ0) is 17.5. The van der Waals surface area contributed by atoms with Gasteiger partial charge in [-0.15, -0.1) is 0 Å². The highest BCUT2D eigenvalue weighted by Gasteiger charge is 2.21. The van der Waals surface area contributed by atoms with Crippen LogP contribution < -0.4 is 9.47 Å². The van der Waals surface area contributed by atoms with E-state index in [1.54, 1.807) is 6.20 Å². The summed E-state index contributed by atoms with van der Waals surface area (Å²) >= 11 is 0. The highest BCUT2D eigenvalue weighted by Crippen LogP contribution is 2.44. The maximum absolute atomic E-state index is 5.71. The maximum Gasteiger partial charge on any atom is 0.231 e. The third-order valence-corrected chi connectivity index (χ3v) is 4.77. The zero-order valence-corrected chi connectivity index (χ0v) is 14.4. The molecule has 0 bridgehead atoms. The third kappa shape index (κ3) is 2.49. The molecular weight excluding hydrogens is 322 g/mol. The van der Waals surface area contributed by atoms with Gasteiger partial charge in [0.15, 0.2) is 11.5 Å². The summed E-state index contributed by atoms with van der Waals surface area (Å²) in [4.78, 5) is 4.24. The predicted octanol–water partition coefficient (Wildman–Crippen LogP) is 5.61. The highest BCUT2D eigenvalue weighted by molar-refractivity contribution is 5.89.